The van der Waals surface area contributed by atoms with Crippen LogP contribution in [0.1, 0.15) is 21.5 Å². The lowest BCUT2D eigenvalue weighted by Gasteiger charge is -2.18. The Morgan fingerprint density at radius 1 is 1.19 bits per heavy atom. The third-order valence-electron chi connectivity index (χ3n) is 3.52. The fourth-order valence-electron chi connectivity index (χ4n) is 2.43. The molecule has 0 saturated carbocycles. The Kier molecular flexibility index (Phi) is 3.90. The molecule has 5 heteroatoms. The first-order valence-electron chi connectivity index (χ1n) is 6.72. The second-order valence-corrected chi connectivity index (χ2v) is 5.42. The molecule has 3 rings (SSSR count). The van der Waals surface area contributed by atoms with Gasteiger partial charge in [-0.25, -0.2) is 4.39 Å². The summed E-state index contributed by atoms with van der Waals surface area (Å²) < 4.78 is 13.7. The Morgan fingerprint density at radius 2 is 2.05 bits per heavy atom. The molecule has 3 nitrogen and oxygen atoms in total. The van der Waals surface area contributed by atoms with E-state index in [-0.39, 0.29) is 5.56 Å². The Hall–Kier alpha value is -1.91. The Labute approximate surface area is 127 Å². The van der Waals surface area contributed by atoms with Gasteiger partial charge in [0.1, 0.15) is 5.82 Å². The van der Waals surface area contributed by atoms with E-state index in [1.807, 2.05) is 18.2 Å². The second-order valence-electron chi connectivity index (χ2n) is 4.99. The van der Waals surface area contributed by atoms with Gasteiger partial charge in [0.2, 0.25) is 0 Å². The maximum atomic E-state index is 13.7. The average molecular weight is 305 g/mol. The van der Waals surface area contributed by atoms with E-state index in [2.05, 4.69) is 10.6 Å². The smallest absolute Gasteiger partial charge is 0.258 e. The molecule has 0 atom stereocenters. The highest BCUT2D eigenvalue weighted by molar-refractivity contribution is 6.31. The fourth-order valence-corrected chi connectivity index (χ4v) is 2.60. The van der Waals surface area contributed by atoms with Gasteiger partial charge in [-0.1, -0.05) is 17.7 Å². The van der Waals surface area contributed by atoms with Gasteiger partial charge in [-0.05, 0) is 54.4 Å². The molecular weight excluding hydrogens is 291 g/mol. The van der Waals surface area contributed by atoms with Crippen LogP contribution in [0.25, 0.3) is 0 Å². The fraction of sp³-hybridized carbons (Fsp3) is 0.188. The van der Waals surface area contributed by atoms with Crippen LogP contribution in [-0.2, 0) is 13.0 Å². The summed E-state index contributed by atoms with van der Waals surface area (Å²) >= 11 is 5.80. The molecule has 0 spiro atoms. The van der Waals surface area contributed by atoms with Crippen LogP contribution in [0, 0.1) is 5.82 Å². The molecule has 108 valence electrons. The molecule has 21 heavy (non-hydrogen) atoms. The van der Waals surface area contributed by atoms with Crippen molar-refractivity contribution < 1.29 is 9.18 Å². The molecule has 2 aromatic carbocycles. The predicted molar refractivity (Wildman–Crippen MR) is 81.2 cm³/mol. The van der Waals surface area contributed by atoms with Gasteiger partial charge >= 0.3 is 0 Å². The monoisotopic (exact) mass is 304 g/mol. The lowest BCUT2D eigenvalue weighted by Crippen LogP contribution is -2.23. The van der Waals surface area contributed by atoms with Crippen molar-refractivity contribution in [2.75, 3.05) is 11.9 Å². The van der Waals surface area contributed by atoms with E-state index >= 15 is 0 Å². The van der Waals surface area contributed by atoms with Crippen LogP contribution in [0.3, 0.4) is 0 Å². The largest absolute Gasteiger partial charge is 0.322 e. The summed E-state index contributed by atoms with van der Waals surface area (Å²) in [5.74, 6) is -1.09. The van der Waals surface area contributed by atoms with Crippen molar-refractivity contribution in [2.24, 2.45) is 0 Å². The summed E-state index contributed by atoms with van der Waals surface area (Å²) in [6.45, 7) is 1.75. The first-order valence-corrected chi connectivity index (χ1v) is 7.10. The number of carbonyl (C=O) groups excluding carboxylic acids is 1. The number of anilines is 1. The van der Waals surface area contributed by atoms with E-state index in [0.29, 0.717) is 10.7 Å². The Balaban J connectivity index is 1.83. The molecule has 0 unspecified atom stereocenters. The van der Waals surface area contributed by atoms with Crippen LogP contribution in [0.5, 0.6) is 0 Å². The van der Waals surface area contributed by atoms with Crippen molar-refractivity contribution in [3.8, 4) is 0 Å². The maximum absolute atomic E-state index is 13.7. The van der Waals surface area contributed by atoms with E-state index in [1.165, 1.54) is 23.8 Å². The van der Waals surface area contributed by atoms with Gasteiger partial charge in [0.25, 0.3) is 5.91 Å². The third kappa shape index (κ3) is 3.06. The number of hydrogen-bond acceptors (Lipinski definition) is 2. The number of benzene rings is 2. The van der Waals surface area contributed by atoms with Gasteiger partial charge in [-0.15, -0.1) is 0 Å². The van der Waals surface area contributed by atoms with Crippen LogP contribution in [-0.4, -0.2) is 12.5 Å². The number of amides is 1. The van der Waals surface area contributed by atoms with Crippen molar-refractivity contribution in [3.63, 3.8) is 0 Å². The minimum Gasteiger partial charge on any atom is -0.322 e. The van der Waals surface area contributed by atoms with Crippen LogP contribution in [0.2, 0.25) is 5.02 Å². The number of rotatable bonds is 2. The number of halogens is 2. The average Bonchev–Trinajstić information content (AvgIpc) is 2.49. The quantitative estimate of drug-likeness (QED) is 0.893. The van der Waals surface area contributed by atoms with Gasteiger partial charge in [0.15, 0.2) is 0 Å². The van der Waals surface area contributed by atoms with E-state index in [1.54, 1.807) is 0 Å². The highest BCUT2D eigenvalue weighted by Crippen LogP contribution is 2.21. The summed E-state index contributed by atoms with van der Waals surface area (Å²) in [4.78, 5) is 12.1. The molecule has 0 bridgehead atoms. The van der Waals surface area contributed by atoms with Crippen molar-refractivity contribution in [2.45, 2.75) is 13.0 Å². The molecule has 1 aliphatic heterocycles. The summed E-state index contributed by atoms with van der Waals surface area (Å²) in [6, 6.07) is 9.69. The molecule has 0 aromatic heterocycles. The van der Waals surface area contributed by atoms with Gasteiger partial charge in [0, 0.05) is 17.3 Å². The molecule has 2 aromatic rings. The van der Waals surface area contributed by atoms with Crippen LogP contribution >= 0.6 is 11.6 Å². The molecule has 1 heterocycles. The van der Waals surface area contributed by atoms with Gasteiger partial charge in [-0.2, -0.15) is 0 Å². The lowest BCUT2D eigenvalue weighted by atomic mass is 10.0. The van der Waals surface area contributed by atoms with E-state index < -0.39 is 11.7 Å². The number of fused-ring (bicyclic) bond motifs is 1. The van der Waals surface area contributed by atoms with Crippen molar-refractivity contribution in [3.05, 3.63) is 63.9 Å². The number of hydrogen-bond donors (Lipinski definition) is 2. The van der Waals surface area contributed by atoms with Gasteiger partial charge < -0.3 is 10.6 Å². The number of carbonyl (C=O) groups is 1. The SMILES string of the molecule is O=C(Nc1ccc2c(c1)CNCC2)c1cc(Cl)ccc1F. The van der Waals surface area contributed by atoms with Crippen LogP contribution in [0.15, 0.2) is 36.4 Å². The highest BCUT2D eigenvalue weighted by Gasteiger charge is 2.14. The van der Waals surface area contributed by atoms with Gasteiger partial charge in [-0.3, -0.25) is 4.79 Å². The van der Waals surface area contributed by atoms with E-state index in [0.717, 1.165) is 25.1 Å². The Morgan fingerprint density at radius 3 is 2.90 bits per heavy atom. The van der Waals surface area contributed by atoms with Crippen molar-refractivity contribution in [1.29, 1.82) is 0 Å². The second kappa shape index (κ2) is 5.84. The molecular formula is C16H14ClFN2O. The topological polar surface area (TPSA) is 41.1 Å². The first kappa shape index (κ1) is 14.0. The molecule has 0 aliphatic carbocycles. The maximum Gasteiger partial charge on any atom is 0.258 e. The third-order valence-corrected chi connectivity index (χ3v) is 3.76. The van der Waals surface area contributed by atoms with E-state index in [4.69, 9.17) is 11.6 Å². The lowest BCUT2D eigenvalue weighted by molar-refractivity contribution is 0.102. The van der Waals surface area contributed by atoms with Crippen molar-refractivity contribution in [1.82, 2.24) is 5.32 Å². The van der Waals surface area contributed by atoms with Crippen LogP contribution in [0.4, 0.5) is 10.1 Å². The zero-order valence-electron chi connectivity index (χ0n) is 11.2. The van der Waals surface area contributed by atoms with Crippen LogP contribution < -0.4 is 10.6 Å². The summed E-state index contributed by atoms with van der Waals surface area (Å²) in [7, 11) is 0. The molecule has 0 fully saturated rings. The minimum absolute atomic E-state index is 0.0571. The number of nitrogens with one attached hydrogen (secondary N) is 2. The summed E-state index contributed by atoms with van der Waals surface area (Å²) in [5.41, 5.74) is 3.03. The first-order chi connectivity index (χ1) is 10.1. The summed E-state index contributed by atoms with van der Waals surface area (Å²) in [5, 5.41) is 6.32. The minimum atomic E-state index is -0.587. The molecule has 1 amide bonds. The summed E-state index contributed by atoms with van der Waals surface area (Å²) in [6.07, 6.45) is 0.979. The standard InChI is InChI=1S/C16H14ClFN2O/c17-12-2-4-15(18)14(8-12)16(21)20-13-3-1-10-5-6-19-9-11(10)7-13/h1-4,7-8,19H,5-6,9H2,(H,20,21). The van der Waals surface area contributed by atoms with Crippen molar-refractivity contribution >= 4 is 23.2 Å². The molecule has 0 radical (unpaired) electrons. The molecule has 1 aliphatic rings. The molecule has 2 N–H and O–H groups in total. The Bertz CT molecular complexity index is 703. The normalized spacial score (nSPS) is 13.6. The predicted octanol–water partition coefficient (Wildman–Crippen LogP) is 3.38. The molecule has 0 saturated heterocycles. The van der Waals surface area contributed by atoms with Gasteiger partial charge in [0.05, 0.1) is 5.56 Å². The zero-order chi connectivity index (χ0) is 14.8. The van der Waals surface area contributed by atoms with E-state index in [9.17, 15) is 9.18 Å². The zero-order valence-corrected chi connectivity index (χ0v) is 12.0. The highest BCUT2D eigenvalue weighted by atomic mass is 35.5.